The number of pyridine rings is 1. The summed E-state index contributed by atoms with van der Waals surface area (Å²) in [6.07, 6.45) is 11.7. The maximum absolute atomic E-state index is 12.5. The smallest absolute Gasteiger partial charge is 0.254 e. The van der Waals surface area contributed by atoms with Gasteiger partial charge in [0.25, 0.3) is 5.91 Å². The molecule has 3 rings (SSSR count). The van der Waals surface area contributed by atoms with E-state index in [1.54, 1.807) is 10.9 Å². The van der Waals surface area contributed by atoms with Gasteiger partial charge in [0, 0.05) is 11.9 Å². The summed E-state index contributed by atoms with van der Waals surface area (Å²) in [5.74, 6) is 0.667. The Labute approximate surface area is 173 Å². The number of para-hydroxylation sites is 1. The number of hydrogen-bond donors (Lipinski definition) is 1. The zero-order valence-electron chi connectivity index (χ0n) is 17.7. The molecule has 0 saturated carbocycles. The van der Waals surface area contributed by atoms with Crippen LogP contribution in [0.3, 0.4) is 0 Å². The molecule has 5 heteroatoms. The number of nitrogens with one attached hydrogen (secondary N) is 1. The molecule has 5 nitrogen and oxygen atoms in total. The molecule has 3 aromatic rings. The Morgan fingerprint density at radius 3 is 2.48 bits per heavy atom. The Hall–Kier alpha value is -2.69. The lowest BCUT2D eigenvalue weighted by Crippen LogP contribution is -2.24. The van der Waals surface area contributed by atoms with E-state index in [1.807, 2.05) is 43.3 Å². The van der Waals surface area contributed by atoms with Crippen LogP contribution in [0, 0.1) is 6.92 Å². The summed E-state index contributed by atoms with van der Waals surface area (Å²) in [6, 6.07) is 11.9. The number of rotatable bonds is 11. The molecule has 0 aliphatic heterocycles. The highest BCUT2D eigenvalue weighted by atomic mass is 16.1. The van der Waals surface area contributed by atoms with E-state index in [0.717, 1.165) is 28.8 Å². The molecule has 0 unspecified atom stereocenters. The Balaban J connectivity index is 1.50. The summed E-state index contributed by atoms with van der Waals surface area (Å²) in [7, 11) is 0. The maximum Gasteiger partial charge on any atom is 0.254 e. The van der Waals surface area contributed by atoms with Crippen molar-refractivity contribution in [3.8, 4) is 5.82 Å². The molecule has 0 aliphatic rings. The van der Waals surface area contributed by atoms with Crippen molar-refractivity contribution in [3.63, 3.8) is 0 Å². The first-order valence-electron chi connectivity index (χ1n) is 10.9. The molecule has 2 heterocycles. The predicted octanol–water partition coefficient (Wildman–Crippen LogP) is 5.60. The summed E-state index contributed by atoms with van der Waals surface area (Å²) >= 11 is 0. The molecule has 0 aliphatic carbocycles. The van der Waals surface area contributed by atoms with Crippen molar-refractivity contribution in [3.05, 3.63) is 53.9 Å². The average molecular weight is 393 g/mol. The van der Waals surface area contributed by atoms with Gasteiger partial charge in [-0.2, -0.15) is 5.10 Å². The van der Waals surface area contributed by atoms with Gasteiger partial charge in [-0.3, -0.25) is 4.79 Å². The fraction of sp³-hybridized carbons (Fsp3) is 0.458. The zero-order chi connectivity index (χ0) is 20.5. The number of carbonyl (C=O) groups is 1. The van der Waals surface area contributed by atoms with Crippen LogP contribution in [-0.4, -0.2) is 27.2 Å². The van der Waals surface area contributed by atoms with E-state index < -0.39 is 0 Å². The van der Waals surface area contributed by atoms with Crippen molar-refractivity contribution in [2.75, 3.05) is 6.54 Å². The van der Waals surface area contributed by atoms with Crippen LogP contribution in [-0.2, 0) is 0 Å². The number of benzene rings is 1. The summed E-state index contributed by atoms with van der Waals surface area (Å²) in [5, 5.41) is 8.52. The van der Waals surface area contributed by atoms with Crippen molar-refractivity contribution in [2.24, 2.45) is 0 Å². The molecule has 154 valence electrons. The van der Waals surface area contributed by atoms with E-state index in [2.05, 4.69) is 22.3 Å². The standard InChI is InChI=1S/C24H32N4O/c1-3-4-5-6-7-8-9-12-17-25-24(29)21-18-26-28(19(21)2)23-16-15-20-13-10-11-14-22(20)27-23/h10-11,13-16,18H,3-9,12,17H2,1-2H3,(H,25,29). The third-order valence-corrected chi connectivity index (χ3v) is 5.37. The van der Waals surface area contributed by atoms with Crippen molar-refractivity contribution >= 4 is 16.8 Å². The number of nitrogens with zero attached hydrogens (tertiary/aromatic N) is 3. The molecule has 1 aromatic carbocycles. The van der Waals surface area contributed by atoms with Gasteiger partial charge in [-0.25, -0.2) is 9.67 Å². The summed E-state index contributed by atoms with van der Waals surface area (Å²) in [4.78, 5) is 17.2. The molecule has 29 heavy (non-hydrogen) atoms. The minimum absolute atomic E-state index is 0.0579. The van der Waals surface area contributed by atoms with Gasteiger partial charge in [-0.1, -0.05) is 70.1 Å². The Morgan fingerprint density at radius 2 is 1.69 bits per heavy atom. The van der Waals surface area contributed by atoms with Gasteiger partial charge in [-0.15, -0.1) is 0 Å². The van der Waals surface area contributed by atoms with E-state index in [4.69, 9.17) is 0 Å². The van der Waals surface area contributed by atoms with E-state index in [-0.39, 0.29) is 5.91 Å². The zero-order valence-corrected chi connectivity index (χ0v) is 17.7. The predicted molar refractivity (Wildman–Crippen MR) is 119 cm³/mol. The minimum atomic E-state index is -0.0579. The maximum atomic E-state index is 12.5. The van der Waals surface area contributed by atoms with Crippen LogP contribution in [0.1, 0.15) is 74.3 Å². The molecule has 0 atom stereocenters. The van der Waals surface area contributed by atoms with Crippen LogP contribution >= 0.6 is 0 Å². The first-order valence-corrected chi connectivity index (χ1v) is 10.9. The van der Waals surface area contributed by atoms with Crippen LogP contribution in [0.15, 0.2) is 42.6 Å². The van der Waals surface area contributed by atoms with Gasteiger partial charge >= 0.3 is 0 Å². The first-order chi connectivity index (χ1) is 14.2. The monoisotopic (exact) mass is 392 g/mol. The molecular formula is C24H32N4O. The SMILES string of the molecule is CCCCCCCCCCNC(=O)c1cnn(-c2ccc3ccccc3n2)c1C. The van der Waals surface area contributed by atoms with Crippen LogP contribution in [0.25, 0.3) is 16.7 Å². The fourth-order valence-electron chi connectivity index (χ4n) is 3.59. The molecule has 0 fully saturated rings. The molecule has 0 radical (unpaired) electrons. The Morgan fingerprint density at radius 1 is 0.966 bits per heavy atom. The third kappa shape index (κ3) is 5.66. The quantitative estimate of drug-likeness (QED) is 0.432. The van der Waals surface area contributed by atoms with Gasteiger partial charge in [0.2, 0.25) is 0 Å². The van der Waals surface area contributed by atoms with Crippen molar-refractivity contribution < 1.29 is 4.79 Å². The molecule has 1 amide bonds. The fourth-order valence-corrected chi connectivity index (χ4v) is 3.59. The molecule has 0 saturated heterocycles. The van der Waals surface area contributed by atoms with Crippen LogP contribution in [0.4, 0.5) is 0 Å². The number of aromatic nitrogens is 3. The lowest BCUT2D eigenvalue weighted by atomic mass is 10.1. The third-order valence-electron chi connectivity index (χ3n) is 5.37. The highest BCUT2D eigenvalue weighted by molar-refractivity contribution is 5.95. The highest BCUT2D eigenvalue weighted by Gasteiger charge is 2.15. The van der Waals surface area contributed by atoms with Gasteiger partial charge in [0.05, 0.1) is 23.0 Å². The lowest BCUT2D eigenvalue weighted by molar-refractivity contribution is 0.0952. The molecule has 0 spiro atoms. The van der Waals surface area contributed by atoms with Gasteiger partial charge < -0.3 is 5.32 Å². The Kier molecular flexibility index (Phi) is 7.79. The van der Waals surface area contributed by atoms with E-state index in [1.165, 1.54) is 44.9 Å². The number of unbranched alkanes of at least 4 members (excludes halogenated alkanes) is 7. The first kappa shape index (κ1) is 21.0. The number of hydrogen-bond acceptors (Lipinski definition) is 3. The second kappa shape index (κ2) is 10.7. The van der Waals surface area contributed by atoms with Crippen LogP contribution in [0.2, 0.25) is 0 Å². The van der Waals surface area contributed by atoms with E-state index in [0.29, 0.717) is 12.1 Å². The lowest BCUT2D eigenvalue weighted by Gasteiger charge is -2.07. The van der Waals surface area contributed by atoms with Gasteiger partial charge in [0.1, 0.15) is 0 Å². The topological polar surface area (TPSA) is 59.8 Å². The highest BCUT2D eigenvalue weighted by Crippen LogP contribution is 2.17. The number of fused-ring (bicyclic) bond motifs is 1. The van der Waals surface area contributed by atoms with E-state index >= 15 is 0 Å². The van der Waals surface area contributed by atoms with Crippen molar-refractivity contribution in [2.45, 2.75) is 65.2 Å². The number of carbonyl (C=O) groups excluding carboxylic acids is 1. The van der Waals surface area contributed by atoms with E-state index in [9.17, 15) is 4.79 Å². The average Bonchev–Trinajstić information content (AvgIpc) is 3.13. The molecular weight excluding hydrogens is 360 g/mol. The normalized spacial score (nSPS) is 11.1. The molecule has 2 aromatic heterocycles. The van der Waals surface area contributed by atoms with Crippen LogP contribution in [0.5, 0.6) is 0 Å². The molecule has 0 bridgehead atoms. The second-order valence-corrected chi connectivity index (χ2v) is 7.65. The summed E-state index contributed by atoms with van der Waals surface area (Å²) in [5.41, 5.74) is 2.33. The molecule has 1 N–H and O–H groups in total. The second-order valence-electron chi connectivity index (χ2n) is 7.65. The van der Waals surface area contributed by atoms with Gasteiger partial charge in [-0.05, 0) is 31.5 Å². The largest absolute Gasteiger partial charge is 0.352 e. The van der Waals surface area contributed by atoms with Crippen molar-refractivity contribution in [1.29, 1.82) is 0 Å². The minimum Gasteiger partial charge on any atom is -0.352 e. The summed E-state index contributed by atoms with van der Waals surface area (Å²) in [6.45, 7) is 4.87. The van der Waals surface area contributed by atoms with Crippen molar-refractivity contribution in [1.82, 2.24) is 20.1 Å². The summed E-state index contributed by atoms with van der Waals surface area (Å²) < 4.78 is 1.73. The van der Waals surface area contributed by atoms with Gasteiger partial charge in [0.15, 0.2) is 5.82 Å². The van der Waals surface area contributed by atoms with Crippen LogP contribution < -0.4 is 5.32 Å². The number of amides is 1. The Bertz CT molecular complexity index is 932.